The molecule has 0 aliphatic rings. The molecule has 6 heteroatoms. The largest absolute Gasteiger partial charge is 0.324 e. The number of hydrogen-bond donors (Lipinski definition) is 2. The topological polar surface area (TPSA) is 98.3 Å². The van der Waals surface area contributed by atoms with Crippen LogP contribution >= 0.6 is 0 Å². The van der Waals surface area contributed by atoms with Gasteiger partial charge in [0.1, 0.15) is 0 Å². The fourth-order valence-corrected chi connectivity index (χ4v) is 1.14. The Hall–Kier alpha value is -1.95. The van der Waals surface area contributed by atoms with Crippen LogP contribution in [0.1, 0.15) is 12.5 Å². The minimum absolute atomic E-state index is 0.0255. The molecule has 1 atom stereocenters. The predicted octanol–water partition coefficient (Wildman–Crippen LogP) is 1.19. The third kappa shape index (κ3) is 2.77. The SMILES string of the molecule is Cc1ccc(NC(=O)C(C)N)cc1[N+](=O)[O-]. The molecule has 0 saturated carbocycles. The van der Waals surface area contributed by atoms with Gasteiger partial charge in [-0.2, -0.15) is 0 Å². The Morgan fingerprint density at radius 1 is 1.56 bits per heavy atom. The standard InChI is InChI=1S/C10H13N3O3/c1-6-3-4-8(5-9(6)13(15)16)12-10(14)7(2)11/h3-5,7H,11H2,1-2H3,(H,12,14). The third-order valence-corrected chi connectivity index (χ3v) is 2.09. The lowest BCUT2D eigenvalue weighted by Gasteiger charge is -2.07. The van der Waals surface area contributed by atoms with Crippen molar-refractivity contribution >= 4 is 17.3 Å². The summed E-state index contributed by atoms with van der Waals surface area (Å²) in [6.07, 6.45) is 0. The van der Waals surface area contributed by atoms with Crippen LogP contribution in [0.15, 0.2) is 18.2 Å². The molecule has 0 fully saturated rings. The summed E-state index contributed by atoms with van der Waals surface area (Å²) in [6, 6.07) is 3.84. The van der Waals surface area contributed by atoms with E-state index in [1.165, 1.54) is 13.0 Å². The summed E-state index contributed by atoms with van der Waals surface area (Å²) >= 11 is 0. The molecule has 0 aromatic heterocycles. The van der Waals surface area contributed by atoms with E-state index in [4.69, 9.17) is 5.73 Å². The van der Waals surface area contributed by atoms with E-state index >= 15 is 0 Å². The molecule has 0 heterocycles. The number of aryl methyl sites for hydroxylation is 1. The number of nitro benzene ring substituents is 1. The summed E-state index contributed by atoms with van der Waals surface area (Å²) in [4.78, 5) is 21.4. The number of nitrogens with zero attached hydrogens (tertiary/aromatic N) is 1. The van der Waals surface area contributed by atoms with Crippen molar-refractivity contribution in [1.82, 2.24) is 0 Å². The van der Waals surface area contributed by atoms with E-state index in [0.29, 0.717) is 11.3 Å². The molecule has 0 saturated heterocycles. The maximum atomic E-state index is 11.3. The summed E-state index contributed by atoms with van der Waals surface area (Å²) in [6.45, 7) is 3.17. The number of nitro groups is 1. The van der Waals surface area contributed by atoms with Gasteiger partial charge in [-0.1, -0.05) is 6.07 Å². The highest BCUT2D eigenvalue weighted by Crippen LogP contribution is 2.22. The summed E-state index contributed by atoms with van der Waals surface area (Å²) < 4.78 is 0. The highest BCUT2D eigenvalue weighted by atomic mass is 16.6. The fourth-order valence-electron chi connectivity index (χ4n) is 1.14. The highest BCUT2D eigenvalue weighted by Gasteiger charge is 2.13. The zero-order valence-corrected chi connectivity index (χ0v) is 9.06. The van der Waals surface area contributed by atoms with Gasteiger partial charge in [0.05, 0.1) is 11.0 Å². The Morgan fingerprint density at radius 3 is 2.69 bits per heavy atom. The van der Waals surface area contributed by atoms with E-state index in [0.717, 1.165) is 0 Å². The van der Waals surface area contributed by atoms with Crippen molar-refractivity contribution < 1.29 is 9.72 Å². The van der Waals surface area contributed by atoms with E-state index in [1.807, 2.05) is 0 Å². The smallest absolute Gasteiger partial charge is 0.274 e. The number of hydrogen-bond acceptors (Lipinski definition) is 4. The third-order valence-electron chi connectivity index (χ3n) is 2.09. The van der Waals surface area contributed by atoms with Gasteiger partial charge in [0.25, 0.3) is 5.69 Å². The van der Waals surface area contributed by atoms with Crippen LogP contribution in [0.5, 0.6) is 0 Å². The number of carbonyl (C=O) groups excluding carboxylic acids is 1. The summed E-state index contributed by atoms with van der Waals surface area (Å²) in [5.41, 5.74) is 6.26. The number of amides is 1. The van der Waals surface area contributed by atoms with Crippen LogP contribution in [0, 0.1) is 17.0 Å². The van der Waals surface area contributed by atoms with E-state index in [-0.39, 0.29) is 11.6 Å². The predicted molar refractivity (Wildman–Crippen MR) is 60.1 cm³/mol. The molecule has 16 heavy (non-hydrogen) atoms. The second-order valence-corrected chi connectivity index (χ2v) is 3.54. The molecular weight excluding hydrogens is 210 g/mol. The van der Waals surface area contributed by atoms with Crippen molar-refractivity contribution in [3.8, 4) is 0 Å². The van der Waals surface area contributed by atoms with Crippen LogP contribution in [-0.4, -0.2) is 16.9 Å². The van der Waals surface area contributed by atoms with Crippen molar-refractivity contribution in [1.29, 1.82) is 0 Å². The van der Waals surface area contributed by atoms with Crippen LogP contribution in [0.3, 0.4) is 0 Å². The first-order valence-electron chi connectivity index (χ1n) is 4.73. The monoisotopic (exact) mass is 223 g/mol. The van der Waals surface area contributed by atoms with Crippen LogP contribution in [0.25, 0.3) is 0 Å². The number of nitrogens with one attached hydrogen (secondary N) is 1. The lowest BCUT2D eigenvalue weighted by atomic mass is 10.2. The van der Waals surface area contributed by atoms with Gasteiger partial charge in [0.15, 0.2) is 0 Å². The van der Waals surface area contributed by atoms with Gasteiger partial charge in [-0.25, -0.2) is 0 Å². The first kappa shape index (κ1) is 12.1. The fraction of sp³-hybridized carbons (Fsp3) is 0.300. The van der Waals surface area contributed by atoms with Crippen molar-refractivity contribution in [2.75, 3.05) is 5.32 Å². The maximum absolute atomic E-state index is 11.3. The molecule has 1 amide bonds. The number of carbonyl (C=O) groups is 1. The van der Waals surface area contributed by atoms with Crippen LogP contribution in [0.4, 0.5) is 11.4 Å². The average Bonchev–Trinajstić information content (AvgIpc) is 2.20. The molecule has 0 radical (unpaired) electrons. The lowest BCUT2D eigenvalue weighted by molar-refractivity contribution is -0.385. The second kappa shape index (κ2) is 4.71. The van der Waals surface area contributed by atoms with Crippen molar-refractivity contribution in [3.63, 3.8) is 0 Å². The minimum atomic E-state index is -0.652. The maximum Gasteiger partial charge on any atom is 0.274 e. The highest BCUT2D eigenvalue weighted by molar-refractivity contribution is 5.94. The second-order valence-electron chi connectivity index (χ2n) is 3.54. The van der Waals surface area contributed by atoms with Crippen molar-refractivity contribution in [2.24, 2.45) is 5.73 Å². The van der Waals surface area contributed by atoms with Gasteiger partial charge in [0, 0.05) is 17.3 Å². The Bertz CT molecular complexity index is 429. The minimum Gasteiger partial charge on any atom is -0.324 e. The molecule has 0 aliphatic heterocycles. The van der Waals surface area contributed by atoms with E-state index in [2.05, 4.69) is 5.32 Å². The normalized spacial score (nSPS) is 11.9. The van der Waals surface area contributed by atoms with Gasteiger partial charge >= 0.3 is 0 Å². The molecule has 1 aromatic carbocycles. The molecule has 0 aliphatic carbocycles. The molecule has 6 nitrogen and oxygen atoms in total. The first-order chi connectivity index (χ1) is 7.41. The summed E-state index contributed by atoms with van der Waals surface area (Å²) in [5, 5.41) is 13.2. The molecule has 1 aromatic rings. The molecule has 86 valence electrons. The Kier molecular flexibility index (Phi) is 3.57. The number of nitrogens with two attached hydrogens (primary N) is 1. The number of rotatable bonds is 3. The Balaban J connectivity index is 2.95. The average molecular weight is 223 g/mol. The quantitative estimate of drug-likeness (QED) is 0.593. The van der Waals surface area contributed by atoms with Gasteiger partial charge in [-0.15, -0.1) is 0 Å². The number of benzene rings is 1. The van der Waals surface area contributed by atoms with E-state index < -0.39 is 11.0 Å². The summed E-state index contributed by atoms with van der Waals surface area (Å²) in [5.74, 6) is -0.377. The molecule has 3 N–H and O–H groups in total. The van der Waals surface area contributed by atoms with Crippen LogP contribution in [0.2, 0.25) is 0 Å². The molecular formula is C10H13N3O3. The lowest BCUT2D eigenvalue weighted by Crippen LogP contribution is -2.32. The van der Waals surface area contributed by atoms with E-state index in [1.54, 1.807) is 19.1 Å². The van der Waals surface area contributed by atoms with Gasteiger partial charge < -0.3 is 11.1 Å². The Labute approximate surface area is 92.6 Å². The molecule has 1 unspecified atom stereocenters. The van der Waals surface area contributed by atoms with Crippen LogP contribution < -0.4 is 11.1 Å². The van der Waals surface area contributed by atoms with E-state index in [9.17, 15) is 14.9 Å². The summed E-state index contributed by atoms with van der Waals surface area (Å²) in [7, 11) is 0. The zero-order valence-electron chi connectivity index (χ0n) is 9.06. The van der Waals surface area contributed by atoms with Gasteiger partial charge in [-0.3, -0.25) is 14.9 Å². The molecule has 0 spiro atoms. The molecule has 0 bridgehead atoms. The van der Waals surface area contributed by atoms with Crippen molar-refractivity contribution in [3.05, 3.63) is 33.9 Å². The van der Waals surface area contributed by atoms with Crippen LogP contribution in [-0.2, 0) is 4.79 Å². The number of anilines is 1. The Morgan fingerprint density at radius 2 is 2.19 bits per heavy atom. The van der Waals surface area contributed by atoms with Gasteiger partial charge in [-0.05, 0) is 19.9 Å². The van der Waals surface area contributed by atoms with Gasteiger partial charge in [0.2, 0.25) is 5.91 Å². The first-order valence-corrected chi connectivity index (χ1v) is 4.73. The van der Waals surface area contributed by atoms with Crippen molar-refractivity contribution in [2.45, 2.75) is 19.9 Å². The zero-order chi connectivity index (χ0) is 12.3. The molecule has 1 rings (SSSR count).